The number of hydrogen-bond donors (Lipinski definition) is 1. The minimum absolute atomic E-state index is 0.0367. The van der Waals surface area contributed by atoms with E-state index in [1.807, 2.05) is 31.2 Å². The molecule has 0 radical (unpaired) electrons. The van der Waals surface area contributed by atoms with Crippen LogP contribution in [0.5, 0.6) is 0 Å². The SMILES string of the molecule is Cc1ccc(CNC(=O)[C@@H]2CCCN(c3ncnc4onc(-c5ccc(F)cc5)c34)C2)cc1. The van der Waals surface area contributed by atoms with Crippen LogP contribution in [0.1, 0.15) is 24.0 Å². The fraction of sp³-hybridized carbons (Fsp3) is 0.280. The highest BCUT2D eigenvalue weighted by molar-refractivity contribution is 5.98. The van der Waals surface area contributed by atoms with Crippen molar-refractivity contribution in [2.75, 3.05) is 18.0 Å². The molecule has 1 N–H and O–H groups in total. The van der Waals surface area contributed by atoms with E-state index in [0.29, 0.717) is 35.7 Å². The zero-order chi connectivity index (χ0) is 22.8. The van der Waals surface area contributed by atoms with Gasteiger partial charge in [-0.05, 0) is 49.6 Å². The standard InChI is InChI=1S/C25H24FN5O2/c1-16-4-6-17(7-5-16)13-27-24(32)19-3-2-12-31(14-19)23-21-22(18-8-10-20(26)11-9-18)30-33-25(21)29-15-28-23/h4-11,15,19H,2-3,12-14H2,1H3,(H,27,32)/t19-/m1/s1. The van der Waals surface area contributed by atoms with Gasteiger partial charge in [-0.15, -0.1) is 0 Å². The average Bonchev–Trinajstić information content (AvgIpc) is 3.28. The van der Waals surface area contributed by atoms with E-state index < -0.39 is 0 Å². The number of hydrogen-bond acceptors (Lipinski definition) is 6. The monoisotopic (exact) mass is 445 g/mol. The van der Waals surface area contributed by atoms with Gasteiger partial charge in [0, 0.05) is 25.2 Å². The van der Waals surface area contributed by atoms with Gasteiger partial charge >= 0.3 is 0 Å². The van der Waals surface area contributed by atoms with Crippen LogP contribution < -0.4 is 10.2 Å². The largest absolute Gasteiger partial charge is 0.355 e. The molecule has 168 valence electrons. The van der Waals surface area contributed by atoms with Crippen molar-refractivity contribution >= 4 is 22.8 Å². The molecule has 8 heteroatoms. The zero-order valence-corrected chi connectivity index (χ0v) is 18.3. The molecule has 7 nitrogen and oxygen atoms in total. The van der Waals surface area contributed by atoms with Crippen molar-refractivity contribution in [2.24, 2.45) is 5.92 Å². The quantitative estimate of drug-likeness (QED) is 0.494. The summed E-state index contributed by atoms with van der Waals surface area (Å²) in [7, 11) is 0. The normalized spacial score (nSPS) is 16.2. The van der Waals surface area contributed by atoms with Crippen LogP contribution in [0.2, 0.25) is 0 Å². The molecule has 2 aromatic carbocycles. The third-order valence-electron chi connectivity index (χ3n) is 6.05. The van der Waals surface area contributed by atoms with Crippen LogP contribution in [0.25, 0.3) is 22.4 Å². The van der Waals surface area contributed by atoms with Crippen molar-refractivity contribution in [3.63, 3.8) is 0 Å². The van der Waals surface area contributed by atoms with Crippen LogP contribution in [-0.2, 0) is 11.3 Å². The Labute approximate surface area is 190 Å². The molecule has 0 aliphatic carbocycles. The Bertz CT molecular complexity index is 1270. The molecule has 1 atom stereocenters. The van der Waals surface area contributed by atoms with Crippen molar-refractivity contribution in [3.8, 4) is 11.3 Å². The first-order chi connectivity index (χ1) is 16.1. The molecule has 2 aromatic heterocycles. The molecular weight excluding hydrogens is 421 g/mol. The predicted molar refractivity (Wildman–Crippen MR) is 123 cm³/mol. The Balaban J connectivity index is 1.36. The maximum atomic E-state index is 13.4. The minimum atomic E-state index is -0.321. The zero-order valence-electron chi connectivity index (χ0n) is 18.3. The van der Waals surface area contributed by atoms with Gasteiger partial charge in [-0.3, -0.25) is 4.79 Å². The molecule has 1 fully saturated rings. The molecule has 1 amide bonds. The smallest absolute Gasteiger partial charge is 0.263 e. The molecule has 4 aromatic rings. The molecule has 3 heterocycles. The summed E-state index contributed by atoms with van der Waals surface area (Å²) in [5, 5.41) is 7.91. The van der Waals surface area contributed by atoms with E-state index in [9.17, 15) is 9.18 Å². The highest BCUT2D eigenvalue weighted by atomic mass is 19.1. The van der Waals surface area contributed by atoms with Crippen LogP contribution in [0, 0.1) is 18.7 Å². The summed E-state index contributed by atoms with van der Waals surface area (Å²) in [6, 6.07) is 14.2. The second-order valence-electron chi connectivity index (χ2n) is 8.40. The van der Waals surface area contributed by atoms with Gasteiger partial charge in [0.2, 0.25) is 5.91 Å². The summed E-state index contributed by atoms with van der Waals surface area (Å²) < 4.78 is 18.8. The summed E-state index contributed by atoms with van der Waals surface area (Å²) in [5.74, 6) is 0.244. The maximum absolute atomic E-state index is 13.4. The molecule has 1 aliphatic rings. The number of aromatic nitrogens is 3. The number of benzene rings is 2. The highest BCUT2D eigenvalue weighted by Crippen LogP contribution is 2.34. The Morgan fingerprint density at radius 1 is 1.15 bits per heavy atom. The molecule has 0 spiro atoms. The van der Waals surface area contributed by atoms with E-state index in [2.05, 4.69) is 25.3 Å². The third-order valence-corrected chi connectivity index (χ3v) is 6.05. The van der Waals surface area contributed by atoms with Gasteiger partial charge in [-0.1, -0.05) is 35.0 Å². The second kappa shape index (κ2) is 8.97. The summed E-state index contributed by atoms with van der Waals surface area (Å²) >= 11 is 0. The van der Waals surface area contributed by atoms with E-state index in [-0.39, 0.29) is 17.6 Å². The molecule has 0 bridgehead atoms. The van der Waals surface area contributed by atoms with E-state index >= 15 is 0 Å². The van der Waals surface area contributed by atoms with Crippen molar-refractivity contribution in [2.45, 2.75) is 26.3 Å². The Hall–Kier alpha value is -3.81. The lowest BCUT2D eigenvalue weighted by atomic mass is 9.96. The minimum Gasteiger partial charge on any atom is -0.355 e. The molecule has 1 aliphatic heterocycles. The molecule has 1 saturated heterocycles. The first kappa shape index (κ1) is 21.1. The summed E-state index contributed by atoms with van der Waals surface area (Å²) in [5.41, 5.74) is 3.91. The Kier molecular flexibility index (Phi) is 5.73. The number of nitrogens with zero attached hydrogens (tertiary/aromatic N) is 4. The number of halogens is 1. The average molecular weight is 445 g/mol. The number of anilines is 1. The number of carbonyl (C=O) groups is 1. The Morgan fingerprint density at radius 3 is 2.73 bits per heavy atom. The number of nitrogens with one attached hydrogen (secondary N) is 1. The molecule has 0 saturated carbocycles. The number of rotatable bonds is 5. The maximum Gasteiger partial charge on any atom is 0.263 e. The van der Waals surface area contributed by atoms with Crippen molar-refractivity contribution in [3.05, 3.63) is 71.8 Å². The number of fused-ring (bicyclic) bond motifs is 1. The number of carbonyl (C=O) groups excluding carboxylic acids is 1. The molecule has 33 heavy (non-hydrogen) atoms. The van der Waals surface area contributed by atoms with Crippen LogP contribution in [0.3, 0.4) is 0 Å². The lowest BCUT2D eigenvalue weighted by molar-refractivity contribution is -0.125. The van der Waals surface area contributed by atoms with E-state index in [1.54, 1.807) is 12.1 Å². The van der Waals surface area contributed by atoms with Gasteiger partial charge in [0.05, 0.1) is 5.92 Å². The predicted octanol–water partition coefficient (Wildman–Crippen LogP) is 4.27. The number of amides is 1. The molecule has 0 unspecified atom stereocenters. The van der Waals surface area contributed by atoms with E-state index in [4.69, 9.17) is 4.52 Å². The fourth-order valence-corrected chi connectivity index (χ4v) is 4.24. The third kappa shape index (κ3) is 4.41. The van der Waals surface area contributed by atoms with Crippen molar-refractivity contribution in [1.82, 2.24) is 20.4 Å². The lowest BCUT2D eigenvalue weighted by Crippen LogP contribution is -2.43. The lowest BCUT2D eigenvalue weighted by Gasteiger charge is -2.33. The van der Waals surface area contributed by atoms with Crippen LogP contribution in [0.15, 0.2) is 59.4 Å². The molecular formula is C25H24FN5O2. The topological polar surface area (TPSA) is 84.2 Å². The molecule has 5 rings (SSSR count). The van der Waals surface area contributed by atoms with Gasteiger partial charge in [-0.25, -0.2) is 9.37 Å². The number of piperidine rings is 1. The van der Waals surface area contributed by atoms with Crippen molar-refractivity contribution in [1.29, 1.82) is 0 Å². The van der Waals surface area contributed by atoms with E-state index in [1.165, 1.54) is 24.0 Å². The van der Waals surface area contributed by atoms with Crippen molar-refractivity contribution < 1.29 is 13.7 Å². The first-order valence-corrected chi connectivity index (χ1v) is 11.0. The Morgan fingerprint density at radius 2 is 1.94 bits per heavy atom. The van der Waals surface area contributed by atoms with Gasteiger partial charge in [0.1, 0.15) is 29.0 Å². The van der Waals surface area contributed by atoms with Gasteiger partial charge in [-0.2, -0.15) is 4.98 Å². The van der Waals surface area contributed by atoms with Gasteiger partial charge in [0.25, 0.3) is 5.71 Å². The highest BCUT2D eigenvalue weighted by Gasteiger charge is 2.29. The first-order valence-electron chi connectivity index (χ1n) is 11.0. The second-order valence-corrected chi connectivity index (χ2v) is 8.40. The van der Waals surface area contributed by atoms with Gasteiger partial charge < -0.3 is 14.7 Å². The fourth-order valence-electron chi connectivity index (χ4n) is 4.24. The van der Waals surface area contributed by atoms with E-state index in [0.717, 1.165) is 30.5 Å². The van der Waals surface area contributed by atoms with Crippen LogP contribution >= 0.6 is 0 Å². The van der Waals surface area contributed by atoms with Crippen LogP contribution in [-0.4, -0.2) is 34.1 Å². The van der Waals surface area contributed by atoms with Gasteiger partial charge in [0.15, 0.2) is 0 Å². The summed E-state index contributed by atoms with van der Waals surface area (Å²) in [6.45, 7) is 3.86. The summed E-state index contributed by atoms with van der Waals surface area (Å²) in [4.78, 5) is 23.7. The summed E-state index contributed by atoms with van der Waals surface area (Å²) in [6.07, 6.45) is 3.13. The van der Waals surface area contributed by atoms with Crippen LogP contribution in [0.4, 0.5) is 10.2 Å². The number of aryl methyl sites for hydroxylation is 1.